The number of carbonyl (C=O) groups excluding carboxylic acids is 5. The zero-order valence-electron chi connectivity index (χ0n) is 40.1. The molecule has 10 rings (SSSR count). The number of carbonyl (C=O) groups is 5. The summed E-state index contributed by atoms with van der Waals surface area (Å²) in [6.07, 6.45) is 3.15. The number of benzene rings is 4. The van der Waals surface area contributed by atoms with E-state index in [1.807, 2.05) is 56.3 Å². The van der Waals surface area contributed by atoms with Crippen LogP contribution in [0.5, 0.6) is 5.75 Å². The summed E-state index contributed by atoms with van der Waals surface area (Å²) in [5.41, 5.74) is 4.89. The molecular formula is C52H53ClN6O11S2. The Balaban J connectivity index is 0.773. The van der Waals surface area contributed by atoms with Crippen LogP contribution in [0.25, 0.3) is 32.3 Å². The van der Waals surface area contributed by atoms with Crippen molar-refractivity contribution in [1.82, 2.24) is 14.6 Å². The molecule has 4 aromatic carbocycles. The molecule has 2 unspecified atom stereocenters. The number of imide groups is 1. The minimum atomic E-state index is -3.77. The van der Waals surface area contributed by atoms with Crippen LogP contribution in [0.1, 0.15) is 96.4 Å². The number of hydrogen-bond acceptors (Lipinski definition) is 15. The summed E-state index contributed by atoms with van der Waals surface area (Å²) < 4.78 is 51.9. The molecule has 2 N–H and O–H groups in total. The Bertz CT molecular complexity index is 3290. The van der Waals surface area contributed by atoms with Gasteiger partial charge in [-0.05, 0) is 117 Å². The second kappa shape index (κ2) is 19.5. The first-order chi connectivity index (χ1) is 34.5. The van der Waals surface area contributed by atoms with Crippen molar-refractivity contribution in [3.8, 4) is 16.2 Å². The molecule has 4 aliphatic rings. The summed E-state index contributed by atoms with van der Waals surface area (Å²) >= 11 is 7.86. The lowest BCUT2D eigenvalue weighted by atomic mass is 9.85. The highest BCUT2D eigenvalue weighted by molar-refractivity contribution is 7.88. The van der Waals surface area contributed by atoms with E-state index in [1.165, 1.54) is 7.11 Å². The van der Waals surface area contributed by atoms with Gasteiger partial charge in [0.1, 0.15) is 16.6 Å². The van der Waals surface area contributed by atoms with Crippen LogP contribution in [0.2, 0.25) is 5.02 Å². The number of fused-ring (bicyclic) bond motifs is 1. The Hall–Kier alpha value is -6.54. The molecule has 17 nitrogen and oxygen atoms in total. The number of thiophene rings is 1. The van der Waals surface area contributed by atoms with Crippen molar-refractivity contribution >= 4 is 102 Å². The number of esters is 2. The molecule has 0 aliphatic carbocycles. The normalized spacial score (nSPS) is 19.5. The van der Waals surface area contributed by atoms with E-state index in [-0.39, 0.29) is 64.6 Å². The minimum Gasteiger partial charge on any atom is -0.479 e. The SMILES string of the molecule is CCOC(=O)COc1c(C(=O)OC)sc(-c2cccc(NC3CCN(S(=O)(=O)Cc4ccc5nc(N6CCC(c7ccc8c9c(cccc79)C(=O)N8C7CCC(=O)NC7=O)CC6)oc5c4)C(C)(C)C3)c2)c1Cl. The van der Waals surface area contributed by atoms with E-state index >= 15 is 0 Å². The lowest BCUT2D eigenvalue weighted by Crippen LogP contribution is -2.55. The van der Waals surface area contributed by atoms with Crippen LogP contribution in [0.4, 0.5) is 17.4 Å². The van der Waals surface area contributed by atoms with E-state index in [9.17, 15) is 32.4 Å². The molecule has 0 spiro atoms. The maximum absolute atomic E-state index is 14.2. The first kappa shape index (κ1) is 49.1. The summed E-state index contributed by atoms with van der Waals surface area (Å²) in [6, 6.07) is 22.3. The fraction of sp³-hybridized carbons (Fsp3) is 0.385. The average molecular weight is 1040 g/mol. The quantitative estimate of drug-likeness (QED) is 0.0776. The first-order valence-corrected chi connectivity index (χ1v) is 26.8. The van der Waals surface area contributed by atoms with Crippen LogP contribution < -0.4 is 25.2 Å². The number of ether oxygens (including phenoxy) is 3. The molecule has 6 aromatic rings. The highest BCUT2D eigenvalue weighted by Crippen LogP contribution is 2.47. The summed E-state index contributed by atoms with van der Waals surface area (Å²) in [7, 11) is -2.52. The third-order valence-corrected chi connectivity index (χ3v) is 17.8. The van der Waals surface area contributed by atoms with Gasteiger partial charge in [-0.25, -0.2) is 18.0 Å². The molecule has 0 bridgehead atoms. The zero-order chi connectivity index (χ0) is 50.6. The molecule has 2 atom stereocenters. The monoisotopic (exact) mass is 1040 g/mol. The predicted octanol–water partition coefficient (Wildman–Crippen LogP) is 8.43. The molecular weight excluding hydrogens is 984 g/mol. The van der Waals surface area contributed by atoms with Crippen molar-refractivity contribution in [2.24, 2.45) is 0 Å². The Labute approximate surface area is 424 Å². The van der Waals surface area contributed by atoms with Crippen molar-refractivity contribution in [1.29, 1.82) is 0 Å². The molecule has 2 aromatic heterocycles. The number of aromatic nitrogens is 1. The number of halogens is 1. The molecule has 376 valence electrons. The highest BCUT2D eigenvalue weighted by atomic mass is 35.5. The van der Waals surface area contributed by atoms with Gasteiger partial charge in [-0.3, -0.25) is 24.6 Å². The Morgan fingerprint density at radius 3 is 2.53 bits per heavy atom. The molecule has 3 saturated heterocycles. The molecule has 20 heteroatoms. The van der Waals surface area contributed by atoms with E-state index in [2.05, 4.69) is 21.6 Å². The second-order valence-corrected chi connectivity index (χ2v) is 22.4. The maximum Gasteiger partial charge on any atom is 0.351 e. The van der Waals surface area contributed by atoms with E-state index in [0.717, 1.165) is 46.2 Å². The van der Waals surface area contributed by atoms with Crippen LogP contribution in [0.15, 0.2) is 77.2 Å². The second-order valence-electron chi connectivity index (χ2n) is 19.1. The number of oxazole rings is 1. The first-order valence-electron chi connectivity index (χ1n) is 24.0. The highest BCUT2D eigenvalue weighted by Gasteiger charge is 2.43. The molecule has 6 heterocycles. The van der Waals surface area contributed by atoms with Crippen LogP contribution in [0, 0.1) is 0 Å². The fourth-order valence-electron chi connectivity index (χ4n) is 10.8. The van der Waals surface area contributed by atoms with E-state index in [1.54, 1.807) is 40.4 Å². The number of hydrogen-bond donors (Lipinski definition) is 2. The number of sulfonamides is 1. The van der Waals surface area contributed by atoms with E-state index < -0.39 is 46.1 Å². The number of amides is 3. The van der Waals surface area contributed by atoms with Gasteiger partial charge >= 0.3 is 11.9 Å². The van der Waals surface area contributed by atoms with E-state index in [4.69, 9.17) is 35.2 Å². The molecule has 3 fully saturated rings. The average Bonchev–Trinajstić information content (AvgIpc) is 4.02. The van der Waals surface area contributed by atoms with Crippen LogP contribution in [-0.2, 0) is 39.6 Å². The van der Waals surface area contributed by atoms with Gasteiger partial charge in [-0.15, -0.1) is 11.3 Å². The molecule has 3 amide bonds. The summed E-state index contributed by atoms with van der Waals surface area (Å²) in [6.45, 7) is 6.95. The lowest BCUT2D eigenvalue weighted by molar-refractivity contribution is -0.145. The van der Waals surface area contributed by atoms with Gasteiger partial charge in [0.05, 0.1) is 30.0 Å². The third kappa shape index (κ3) is 9.27. The van der Waals surface area contributed by atoms with Crippen LogP contribution in [0.3, 0.4) is 0 Å². The number of nitrogens with zero attached hydrogens (tertiary/aromatic N) is 4. The van der Waals surface area contributed by atoms with Gasteiger partial charge in [0, 0.05) is 54.3 Å². The minimum absolute atomic E-state index is 0.0424. The van der Waals surface area contributed by atoms with Gasteiger partial charge in [-0.2, -0.15) is 9.29 Å². The summed E-state index contributed by atoms with van der Waals surface area (Å²) in [4.78, 5) is 72.2. The van der Waals surface area contributed by atoms with Crippen molar-refractivity contribution in [2.75, 3.05) is 55.1 Å². The topological polar surface area (TPSA) is 207 Å². The number of piperidine rings is 3. The maximum atomic E-state index is 14.2. The fourth-order valence-corrected chi connectivity index (χ4v) is 14.2. The van der Waals surface area contributed by atoms with Crippen molar-refractivity contribution in [3.63, 3.8) is 0 Å². The van der Waals surface area contributed by atoms with Crippen LogP contribution >= 0.6 is 22.9 Å². The number of methoxy groups -OCH3 is 1. The van der Waals surface area contributed by atoms with Gasteiger partial charge in [0.25, 0.3) is 11.9 Å². The molecule has 0 saturated carbocycles. The van der Waals surface area contributed by atoms with Gasteiger partial charge in [0.15, 0.2) is 22.8 Å². The van der Waals surface area contributed by atoms with Gasteiger partial charge < -0.3 is 28.8 Å². The zero-order valence-corrected chi connectivity index (χ0v) is 42.5. The standard InChI is InChI=1S/C52H53ClN6O11S2/c1-5-68-42(61)27-69-45-44(53)46(71-47(45)50(64)67-4)31-8-6-9-32(25-31)54-33-20-23-58(52(2,3)26-33)72(65,66)28-29-12-14-37-40(24-29)70-51(55-37)57-21-18-30(19-22-57)34-13-15-38-43-35(34)10-7-11-36(43)49(63)59(38)39-16-17-41(60)56-48(39)62/h6-15,24-25,30,33,39,54H,5,16-23,26-28H2,1-4H3,(H,56,60,62). The number of anilines is 3. The predicted molar refractivity (Wildman–Crippen MR) is 273 cm³/mol. The van der Waals surface area contributed by atoms with Gasteiger partial charge in [-0.1, -0.05) is 48.0 Å². The Morgan fingerprint density at radius 2 is 1.78 bits per heavy atom. The largest absolute Gasteiger partial charge is 0.479 e. The van der Waals surface area contributed by atoms with E-state index in [0.29, 0.717) is 76.8 Å². The smallest absolute Gasteiger partial charge is 0.351 e. The van der Waals surface area contributed by atoms with Crippen molar-refractivity contribution < 1.29 is 51.0 Å². The van der Waals surface area contributed by atoms with Crippen molar-refractivity contribution in [2.45, 2.75) is 88.6 Å². The van der Waals surface area contributed by atoms with Crippen molar-refractivity contribution in [3.05, 3.63) is 99.4 Å². The summed E-state index contributed by atoms with van der Waals surface area (Å²) in [5.74, 6) is -2.23. The number of nitrogens with one attached hydrogen (secondary N) is 2. The Morgan fingerprint density at radius 1 is 0.986 bits per heavy atom. The third-order valence-electron chi connectivity index (χ3n) is 14.0. The number of rotatable bonds is 14. The van der Waals surface area contributed by atoms with Gasteiger partial charge in [0.2, 0.25) is 21.8 Å². The lowest BCUT2D eigenvalue weighted by Gasteiger charge is -2.45. The van der Waals surface area contributed by atoms with Crippen LogP contribution in [-0.4, -0.2) is 105 Å². The summed E-state index contributed by atoms with van der Waals surface area (Å²) in [5, 5.41) is 7.96. The molecule has 0 radical (unpaired) electrons. The molecule has 4 aliphatic heterocycles. The molecule has 72 heavy (non-hydrogen) atoms. The Kier molecular flexibility index (Phi) is 13.3.